The summed E-state index contributed by atoms with van der Waals surface area (Å²) in [5, 5.41) is 4.25. The van der Waals surface area contributed by atoms with E-state index < -0.39 is 0 Å². The molecule has 1 aromatic carbocycles. The second kappa shape index (κ2) is 6.28. The van der Waals surface area contributed by atoms with Crippen LogP contribution in [-0.2, 0) is 31.5 Å². The first-order valence-corrected chi connectivity index (χ1v) is 9.24. The zero-order chi connectivity index (χ0) is 18.4. The fourth-order valence-electron chi connectivity index (χ4n) is 4.26. The Morgan fingerprint density at radius 2 is 2.19 bits per heavy atom. The van der Waals surface area contributed by atoms with Crippen LogP contribution in [0.25, 0.3) is 11.3 Å². The van der Waals surface area contributed by atoms with Crippen molar-refractivity contribution in [3.05, 3.63) is 60.1 Å². The monoisotopic (exact) mass is 367 g/mol. The molecule has 0 saturated carbocycles. The molecule has 2 aliphatic rings. The third-order valence-corrected chi connectivity index (χ3v) is 5.57. The summed E-state index contributed by atoms with van der Waals surface area (Å²) in [6.07, 6.45) is 6.79. The molecule has 0 N–H and O–H groups in total. The van der Waals surface area contributed by atoms with Crippen LogP contribution in [0.2, 0.25) is 0 Å². The number of imidazole rings is 1. The molecule has 2 aromatic heterocycles. The molecule has 0 amide bonds. The third kappa shape index (κ3) is 3.07. The lowest BCUT2D eigenvalue weighted by Gasteiger charge is -2.35. The van der Waals surface area contributed by atoms with Crippen LogP contribution < -0.4 is 0 Å². The lowest BCUT2D eigenvalue weighted by molar-refractivity contribution is -0.0821. The van der Waals surface area contributed by atoms with Crippen LogP contribution in [0.3, 0.4) is 0 Å². The quantitative estimate of drug-likeness (QED) is 0.714. The molecule has 1 spiro atoms. The van der Waals surface area contributed by atoms with Crippen LogP contribution in [0.15, 0.2) is 42.9 Å². The van der Waals surface area contributed by atoms with E-state index in [0.29, 0.717) is 6.61 Å². The van der Waals surface area contributed by atoms with E-state index in [1.54, 1.807) is 12.1 Å². The fourth-order valence-corrected chi connectivity index (χ4v) is 4.26. The van der Waals surface area contributed by atoms with Crippen molar-refractivity contribution in [1.29, 1.82) is 0 Å². The van der Waals surface area contributed by atoms with Crippen molar-refractivity contribution in [3.8, 4) is 11.3 Å². The number of aryl methyl sites for hydroxylation is 1. The Balaban J connectivity index is 1.37. The van der Waals surface area contributed by atoms with E-state index in [4.69, 9.17) is 4.74 Å². The lowest BCUT2D eigenvalue weighted by Crippen LogP contribution is -2.44. The molecule has 1 atom stereocenters. The maximum absolute atomic E-state index is 13.7. The van der Waals surface area contributed by atoms with Crippen LogP contribution >= 0.6 is 0 Å². The molecule has 1 unspecified atom stereocenters. The Bertz CT molecular complexity index is 980. The van der Waals surface area contributed by atoms with Gasteiger partial charge in [-0.2, -0.15) is 5.10 Å². The summed E-state index contributed by atoms with van der Waals surface area (Å²) in [4.78, 5) is 6.92. The van der Waals surface area contributed by atoms with E-state index in [0.717, 1.165) is 49.7 Å². The molecule has 1 saturated heterocycles. The number of rotatable bonds is 3. The molecular weight excluding hydrogens is 345 g/mol. The van der Waals surface area contributed by atoms with Gasteiger partial charge in [-0.15, -0.1) is 0 Å². The minimum atomic E-state index is -0.228. The number of benzene rings is 1. The number of halogens is 1. The van der Waals surface area contributed by atoms with Gasteiger partial charge in [-0.25, -0.2) is 9.37 Å². The van der Waals surface area contributed by atoms with Gasteiger partial charge in [-0.05, 0) is 18.6 Å². The highest BCUT2D eigenvalue weighted by Gasteiger charge is 2.43. The summed E-state index contributed by atoms with van der Waals surface area (Å²) >= 11 is 0. The van der Waals surface area contributed by atoms with Crippen LogP contribution in [0.5, 0.6) is 0 Å². The van der Waals surface area contributed by atoms with Gasteiger partial charge in [0.25, 0.3) is 0 Å². The summed E-state index contributed by atoms with van der Waals surface area (Å²) in [5.41, 5.74) is 2.82. The molecular formula is C20H22FN5O. The van der Waals surface area contributed by atoms with E-state index in [-0.39, 0.29) is 11.4 Å². The van der Waals surface area contributed by atoms with Crippen molar-refractivity contribution in [1.82, 2.24) is 24.2 Å². The molecule has 1 fully saturated rings. The Morgan fingerprint density at radius 1 is 1.26 bits per heavy atom. The first-order chi connectivity index (χ1) is 13.1. The maximum Gasteiger partial charge on any atom is 0.135 e. The van der Waals surface area contributed by atoms with Crippen LogP contribution in [-0.4, -0.2) is 42.9 Å². The second-order valence-electron chi connectivity index (χ2n) is 7.61. The number of likely N-dealkylation sites (tertiary alicyclic amines) is 1. The molecule has 0 bridgehead atoms. The van der Waals surface area contributed by atoms with Gasteiger partial charge in [0.15, 0.2) is 0 Å². The van der Waals surface area contributed by atoms with Gasteiger partial charge in [0.1, 0.15) is 23.8 Å². The van der Waals surface area contributed by atoms with Crippen molar-refractivity contribution < 1.29 is 9.13 Å². The minimum Gasteiger partial charge on any atom is -0.364 e. The van der Waals surface area contributed by atoms with Gasteiger partial charge in [0.05, 0.1) is 24.6 Å². The average molecular weight is 367 g/mol. The molecule has 5 rings (SSSR count). The highest BCUT2D eigenvalue weighted by atomic mass is 19.1. The zero-order valence-electron chi connectivity index (χ0n) is 15.3. The number of nitrogens with zero attached hydrogens (tertiary/aromatic N) is 5. The van der Waals surface area contributed by atoms with Gasteiger partial charge in [-0.1, -0.05) is 12.1 Å². The molecule has 0 aliphatic carbocycles. The molecule has 2 aliphatic heterocycles. The molecule has 27 heavy (non-hydrogen) atoms. The molecule has 4 heterocycles. The Hall–Kier alpha value is -2.51. The number of hydrogen-bond acceptors (Lipinski definition) is 4. The van der Waals surface area contributed by atoms with Crippen molar-refractivity contribution in [2.75, 3.05) is 13.1 Å². The van der Waals surface area contributed by atoms with E-state index in [2.05, 4.69) is 25.7 Å². The van der Waals surface area contributed by atoms with Crippen molar-refractivity contribution >= 4 is 0 Å². The summed E-state index contributed by atoms with van der Waals surface area (Å²) in [6, 6.07) is 6.70. The van der Waals surface area contributed by atoms with Gasteiger partial charge >= 0.3 is 0 Å². The fraction of sp³-hybridized carbons (Fsp3) is 0.400. The SMILES string of the molecule is Cn1cc(CN2CCC3(C2)Cn2c(-c4cccc(F)c4)cnc2CO3)cn1. The topological polar surface area (TPSA) is 48.1 Å². The predicted molar refractivity (Wildman–Crippen MR) is 98.2 cm³/mol. The van der Waals surface area contributed by atoms with E-state index in [1.807, 2.05) is 30.2 Å². The predicted octanol–water partition coefficient (Wildman–Crippen LogP) is 2.60. The summed E-state index contributed by atoms with van der Waals surface area (Å²) in [6.45, 7) is 4.00. The van der Waals surface area contributed by atoms with Gasteiger partial charge in [0.2, 0.25) is 0 Å². The zero-order valence-corrected chi connectivity index (χ0v) is 15.3. The van der Waals surface area contributed by atoms with Crippen LogP contribution in [0.4, 0.5) is 4.39 Å². The maximum atomic E-state index is 13.7. The van der Waals surface area contributed by atoms with Crippen molar-refractivity contribution in [3.63, 3.8) is 0 Å². The summed E-state index contributed by atoms with van der Waals surface area (Å²) in [5.74, 6) is 0.680. The molecule has 3 aromatic rings. The van der Waals surface area contributed by atoms with E-state index in [9.17, 15) is 4.39 Å². The number of ether oxygens (including phenoxy) is 1. The van der Waals surface area contributed by atoms with Gasteiger partial charge < -0.3 is 9.30 Å². The smallest absolute Gasteiger partial charge is 0.135 e. The second-order valence-corrected chi connectivity index (χ2v) is 7.61. The largest absolute Gasteiger partial charge is 0.364 e. The van der Waals surface area contributed by atoms with E-state index in [1.165, 1.54) is 11.6 Å². The van der Waals surface area contributed by atoms with Gasteiger partial charge in [0, 0.05) is 44.0 Å². The Labute approximate surface area is 157 Å². The highest BCUT2D eigenvalue weighted by molar-refractivity contribution is 5.59. The molecule has 140 valence electrons. The Kier molecular flexibility index (Phi) is 3.87. The number of aromatic nitrogens is 4. The minimum absolute atomic E-state index is 0.210. The van der Waals surface area contributed by atoms with E-state index >= 15 is 0 Å². The first-order valence-electron chi connectivity index (χ1n) is 9.24. The summed E-state index contributed by atoms with van der Waals surface area (Å²) in [7, 11) is 1.94. The summed E-state index contributed by atoms with van der Waals surface area (Å²) < 4.78 is 24.0. The average Bonchev–Trinajstić information content (AvgIpc) is 3.35. The molecule has 0 radical (unpaired) electrons. The number of hydrogen-bond donors (Lipinski definition) is 0. The number of fused-ring (bicyclic) bond motifs is 1. The molecule has 6 nitrogen and oxygen atoms in total. The van der Waals surface area contributed by atoms with Gasteiger partial charge in [-0.3, -0.25) is 9.58 Å². The Morgan fingerprint density at radius 3 is 3.00 bits per heavy atom. The third-order valence-electron chi connectivity index (χ3n) is 5.57. The van der Waals surface area contributed by atoms with Crippen molar-refractivity contribution in [2.45, 2.75) is 31.7 Å². The van der Waals surface area contributed by atoms with Crippen LogP contribution in [0, 0.1) is 5.82 Å². The first kappa shape index (κ1) is 16.6. The van der Waals surface area contributed by atoms with Crippen LogP contribution in [0.1, 0.15) is 17.8 Å². The van der Waals surface area contributed by atoms with Crippen molar-refractivity contribution in [2.24, 2.45) is 7.05 Å². The standard InChI is InChI=1S/C20H22FN5O/c1-24-10-15(8-23-24)11-25-6-5-20(13-25)14-26-18(9-22-19(26)12-27-20)16-3-2-4-17(21)7-16/h2-4,7-10H,5-6,11-14H2,1H3. The lowest BCUT2D eigenvalue weighted by atomic mass is 10.0. The normalized spacial score (nSPS) is 22.4. The molecule has 7 heteroatoms. The highest BCUT2D eigenvalue weighted by Crippen LogP contribution is 2.35.